The molecule has 0 aliphatic heterocycles. The molecule has 0 atom stereocenters. The molecule has 0 aliphatic carbocycles. The van der Waals surface area contributed by atoms with Crippen molar-refractivity contribution in [2.24, 2.45) is 0 Å². The van der Waals surface area contributed by atoms with Crippen LogP contribution in [0.5, 0.6) is 0 Å². The van der Waals surface area contributed by atoms with Gasteiger partial charge in [-0.15, -0.1) is 0 Å². The first-order valence-electron chi connectivity index (χ1n) is 3.88. The monoisotopic (exact) mass is 168 g/mol. The van der Waals surface area contributed by atoms with Gasteiger partial charge in [0.2, 0.25) is 5.91 Å². The predicted molar refractivity (Wildman–Crippen MR) is 44.9 cm³/mol. The fraction of sp³-hybridized carbons (Fsp3) is 0.500. The summed E-state index contributed by atoms with van der Waals surface area (Å²) in [5.74, 6) is 1.21. The van der Waals surface area contributed by atoms with Crippen molar-refractivity contribution in [3.8, 4) is 0 Å². The van der Waals surface area contributed by atoms with Crippen LogP contribution in [0, 0.1) is 13.8 Å². The van der Waals surface area contributed by atoms with E-state index in [1.165, 1.54) is 0 Å². The maximum Gasteiger partial charge on any atom is 0.225 e. The lowest BCUT2D eigenvalue weighted by Gasteiger charge is -1.97. The second-order valence-electron chi connectivity index (χ2n) is 2.61. The van der Waals surface area contributed by atoms with Crippen molar-refractivity contribution in [2.75, 3.05) is 5.32 Å². The molecule has 0 aliphatic rings. The van der Waals surface area contributed by atoms with Crippen LogP contribution in [-0.2, 0) is 4.79 Å². The Labute approximate surface area is 70.9 Å². The molecule has 66 valence electrons. The van der Waals surface area contributed by atoms with E-state index in [0.717, 1.165) is 11.3 Å². The Hall–Kier alpha value is -1.32. The summed E-state index contributed by atoms with van der Waals surface area (Å²) in [7, 11) is 0. The van der Waals surface area contributed by atoms with E-state index in [1.807, 2.05) is 13.8 Å². The van der Waals surface area contributed by atoms with Crippen molar-refractivity contribution in [1.29, 1.82) is 0 Å². The van der Waals surface area contributed by atoms with Crippen molar-refractivity contribution < 1.29 is 9.32 Å². The summed E-state index contributed by atoms with van der Waals surface area (Å²) in [5.41, 5.74) is 0.886. The molecular formula is C8H12N2O2. The number of hydrogen-bond acceptors (Lipinski definition) is 3. The first-order chi connectivity index (χ1) is 5.65. The minimum atomic E-state index is -0.0496. The number of aryl methyl sites for hydroxylation is 1. The van der Waals surface area contributed by atoms with Gasteiger partial charge in [-0.05, 0) is 13.8 Å². The van der Waals surface area contributed by atoms with E-state index >= 15 is 0 Å². The largest absolute Gasteiger partial charge is 0.359 e. The molecule has 1 amide bonds. The van der Waals surface area contributed by atoms with E-state index in [9.17, 15) is 4.79 Å². The van der Waals surface area contributed by atoms with Gasteiger partial charge in [0.1, 0.15) is 5.76 Å². The van der Waals surface area contributed by atoms with E-state index in [1.54, 1.807) is 6.92 Å². The molecule has 1 aromatic rings. The minimum Gasteiger partial charge on any atom is -0.359 e. The van der Waals surface area contributed by atoms with Crippen LogP contribution in [0.1, 0.15) is 24.7 Å². The number of hydrogen-bond donors (Lipinski definition) is 1. The van der Waals surface area contributed by atoms with Crippen LogP contribution in [0.2, 0.25) is 0 Å². The smallest absolute Gasteiger partial charge is 0.225 e. The molecule has 0 saturated carbocycles. The zero-order chi connectivity index (χ0) is 9.14. The Bertz CT molecular complexity index is 291. The Morgan fingerprint density at radius 2 is 2.25 bits per heavy atom. The fourth-order valence-electron chi connectivity index (χ4n) is 0.755. The summed E-state index contributed by atoms with van der Waals surface area (Å²) in [6, 6.07) is 0. The third kappa shape index (κ3) is 1.64. The summed E-state index contributed by atoms with van der Waals surface area (Å²) in [6.07, 6.45) is 0.450. The zero-order valence-corrected chi connectivity index (χ0v) is 7.47. The van der Waals surface area contributed by atoms with Gasteiger partial charge in [0, 0.05) is 12.0 Å². The predicted octanol–water partition coefficient (Wildman–Crippen LogP) is 1.64. The molecule has 1 N–H and O–H groups in total. The summed E-state index contributed by atoms with van der Waals surface area (Å²) >= 11 is 0. The Kier molecular flexibility index (Phi) is 2.47. The Morgan fingerprint density at radius 3 is 2.67 bits per heavy atom. The number of carbonyl (C=O) groups is 1. The lowest BCUT2D eigenvalue weighted by Crippen LogP contribution is -2.10. The molecule has 0 saturated heterocycles. The molecular weight excluding hydrogens is 156 g/mol. The van der Waals surface area contributed by atoms with Gasteiger partial charge in [-0.3, -0.25) is 4.79 Å². The standard InChI is InChI=1S/C8H12N2O2/c1-4-7(11)9-8-5(2)6(3)12-10-8/h4H2,1-3H3,(H,9,10,11). The molecule has 4 nitrogen and oxygen atoms in total. The molecule has 0 aromatic carbocycles. The first kappa shape index (κ1) is 8.77. The maximum absolute atomic E-state index is 10.9. The van der Waals surface area contributed by atoms with Gasteiger partial charge in [-0.25, -0.2) is 0 Å². The van der Waals surface area contributed by atoms with E-state index in [0.29, 0.717) is 12.2 Å². The van der Waals surface area contributed by atoms with Crippen LogP contribution < -0.4 is 5.32 Å². The van der Waals surface area contributed by atoms with Crippen LogP contribution in [0.3, 0.4) is 0 Å². The van der Waals surface area contributed by atoms with E-state index < -0.39 is 0 Å². The normalized spacial score (nSPS) is 9.92. The van der Waals surface area contributed by atoms with Crippen LogP contribution in [0.25, 0.3) is 0 Å². The van der Waals surface area contributed by atoms with Gasteiger partial charge in [0.15, 0.2) is 5.82 Å². The topological polar surface area (TPSA) is 55.1 Å². The van der Waals surface area contributed by atoms with Gasteiger partial charge in [-0.2, -0.15) is 0 Å². The number of aromatic nitrogens is 1. The van der Waals surface area contributed by atoms with E-state index in [4.69, 9.17) is 4.52 Å². The molecule has 4 heteroatoms. The lowest BCUT2D eigenvalue weighted by molar-refractivity contribution is -0.115. The van der Waals surface area contributed by atoms with Gasteiger partial charge in [0.05, 0.1) is 0 Å². The van der Waals surface area contributed by atoms with Crippen molar-refractivity contribution in [2.45, 2.75) is 27.2 Å². The summed E-state index contributed by atoms with van der Waals surface area (Å²) in [4.78, 5) is 10.9. The molecule has 0 bridgehead atoms. The molecule has 0 fully saturated rings. The number of anilines is 1. The second kappa shape index (κ2) is 3.38. The van der Waals surface area contributed by atoms with Crippen molar-refractivity contribution in [1.82, 2.24) is 5.16 Å². The van der Waals surface area contributed by atoms with Gasteiger partial charge < -0.3 is 9.84 Å². The van der Waals surface area contributed by atoms with Crippen LogP contribution in [0.4, 0.5) is 5.82 Å². The molecule has 1 heterocycles. The fourth-order valence-corrected chi connectivity index (χ4v) is 0.755. The molecule has 1 rings (SSSR count). The highest BCUT2D eigenvalue weighted by atomic mass is 16.5. The first-order valence-corrected chi connectivity index (χ1v) is 3.88. The summed E-state index contributed by atoms with van der Waals surface area (Å²) in [6.45, 7) is 5.46. The Morgan fingerprint density at radius 1 is 1.58 bits per heavy atom. The quantitative estimate of drug-likeness (QED) is 0.730. The third-order valence-electron chi connectivity index (χ3n) is 1.74. The number of amides is 1. The van der Waals surface area contributed by atoms with E-state index in [2.05, 4.69) is 10.5 Å². The highest BCUT2D eigenvalue weighted by molar-refractivity contribution is 5.90. The Balaban J connectivity index is 2.76. The molecule has 0 unspecified atom stereocenters. The summed E-state index contributed by atoms with van der Waals surface area (Å²) < 4.78 is 4.88. The number of nitrogens with zero attached hydrogens (tertiary/aromatic N) is 1. The summed E-state index contributed by atoms with van der Waals surface area (Å²) in [5, 5.41) is 6.33. The zero-order valence-electron chi connectivity index (χ0n) is 7.47. The number of carbonyl (C=O) groups excluding carboxylic acids is 1. The van der Waals surface area contributed by atoms with Gasteiger partial charge >= 0.3 is 0 Å². The molecule has 0 spiro atoms. The third-order valence-corrected chi connectivity index (χ3v) is 1.74. The highest BCUT2D eigenvalue weighted by Crippen LogP contribution is 2.16. The number of nitrogens with one attached hydrogen (secondary N) is 1. The minimum absolute atomic E-state index is 0.0496. The molecule has 12 heavy (non-hydrogen) atoms. The van der Waals surface area contributed by atoms with Crippen molar-refractivity contribution in [3.05, 3.63) is 11.3 Å². The lowest BCUT2D eigenvalue weighted by atomic mass is 10.3. The molecule has 1 aromatic heterocycles. The highest BCUT2D eigenvalue weighted by Gasteiger charge is 2.09. The van der Waals surface area contributed by atoms with Gasteiger partial charge in [0.25, 0.3) is 0 Å². The van der Waals surface area contributed by atoms with E-state index in [-0.39, 0.29) is 5.91 Å². The average Bonchev–Trinajstić information content (AvgIpc) is 2.36. The second-order valence-corrected chi connectivity index (χ2v) is 2.61. The maximum atomic E-state index is 10.9. The van der Waals surface area contributed by atoms with Crippen LogP contribution in [0.15, 0.2) is 4.52 Å². The number of rotatable bonds is 2. The van der Waals surface area contributed by atoms with Crippen molar-refractivity contribution >= 4 is 11.7 Å². The average molecular weight is 168 g/mol. The van der Waals surface area contributed by atoms with Crippen LogP contribution in [-0.4, -0.2) is 11.1 Å². The van der Waals surface area contributed by atoms with Crippen molar-refractivity contribution in [3.63, 3.8) is 0 Å². The van der Waals surface area contributed by atoms with Gasteiger partial charge in [-0.1, -0.05) is 12.1 Å². The SMILES string of the molecule is CCC(=O)Nc1noc(C)c1C. The molecule has 0 radical (unpaired) electrons. The van der Waals surface area contributed by atoms with Crippen LogP contribution >= 0.6 is 0 Å².